The zero-order valence-corrected chi connectivity index (χ0v) is 16.0. The third-order valence-electron chi connectivity index (χ3n) is 3.41. The predicted octanol–water partition coefficient (Wildman–Crippen LogP) is 0.00330. The van der Waals surface area contributed by atoms with Crippen LogP contribution in [0, 0.1) is 0 Å². The first-order valence-electron chi connectivity index (χ1n) is 6.61. The standard InChI is InChI=1S/C18H11BrO3.Na/c19-12-8-5-11(6-9-12)7-10-15(20)16-17(21)13-3-1-2-4-14(13)18(16)22;/h1-10,21H;/q;+1/p-1. The van der Waals surface area contributed by atoms with Crippen molar-refractivity contribution in [3.05, 3.63) is 81.3 Å². The van der Waals surface area contributed by atoms with E-state index in [2.05, 4.69) is 15.9 Å². The Morgan fingerprint density at radius 3 is 2.22 bits per heavy atom. The van der Waals surface area contributed by atoms with Crippen LogP contribution in [0.15, 0.2) is 64.7 Å². The number of carbonyl (C=O) groups is 2. The maximum absolute atomic E-state index is 12.2. The Hall–Kier alpha value is -1.46. The first kappa shape index (κ1) is 17.9. The number of benzene rings is 2. The van der Waals surface area contributed by atoms with Crippen molar-refractivity contribution >= 4 is 39.3 Å². The summed E-state index contributed by atoms with van der Waals surface area (Å²) in [5.74, 6) is -1.55. The number of hydrogen-bond acceptors (Lipinski definition) is 3. The van der Waals surface area contributed by atoms with Crippen molar-refractivity contribution in [3.8, 4) is 0 Å². The van der Waals surface area contributed by atoms with Gasteiger partial charge < -0.3 is 5.11 Å². The smallest absolute Gasteiger partial charge is 0.871 e. The zero-order chi connectivity index (χ0) is 15.7. The largest absolute Gasteiger partial charge is 1.00 e. The summed E-state index contributed by atoms with van der Waals surface area (Å²) in [6, 6.07) is 13.8. The molecular weight excluding hydrogens is 367 g/mol. The minimum absolute atomic E-state index is 0. The third kappa shape index (κ3) is 3.56. The molecule has 108 valence electrons. The Kier molecular flexibility index (Phi) is 5.76. The summed E-state index contributed by atoms with van der Waals surface area (Å²) in [4.78, 5) is 24.4. The fourth-order valence-electron chi connectivity index (χ4n) is 2.30. The van der Waals surface area contributed by atoms with E-state index < -0.39 is 17.3 Å². The van der Waals surface area contributed by atoms with Crippen LogP contribution in [0.1, 0.15) is 21.5 Å². The zero-order valence-electron chi connectivity index (χ0n) is 12.4. The summed E-state index contributed by atoms with van der Waals surface area (Å²) in [6.07, 6.45) is 2.85. The molecule has 3 rings (SSSR count). The number of allylic oxidation sites excluding steroid dienone is 2. The summed E-state index contributed by atoms with van der Waals surface area (Å²) in [7, 11) is 0. The summed E-state index contributed by atoms with van der Waals surface area (Å²) in [5.41, 5.74) is 1.13. The second-order valence-electron chi connectivity index (χ2n) is 4.83. The maximum atomic E-state index is 12.2. The molecule has 2 aromatic rings. The van der Waals surface area contributed by atoms with Gasteiger partial charge in [0, 0.05) is 10.0 Å². The van der Waals surface area contributed by atoms with Crippen LogP contribution in [0.5, 0.6) is 0 Å². The number of hydrogen-bond donors (Lipinski definition) is 0. The molecule has 0 saturated heterocycles. The number of rotatable bonds is 3. The van der Waals surface area contributed by atoms with Crippen molar-refractivity contribution in [2.45, 2.75) is 0 Å². The van der Waals surface area contributed by atoms with Crippen molar-refractivity contribution in [1.82, 2.24) is 0 Å². The molecule has 0 aliphatic heterocycles. The molecule has 0 bridgehead atoms. The van der Waals surface area contributed by atoms with Crippen molar-refractivity contribution in [1.29, 1.82) is 0 Å². The molecule has 0 heterocycles. The van der Waals surface area contributed by atoms with Gasteiger partial charge in [-0.2, -0.15) is 0 Å². The van der Waals surface area contributed by atoms with Gasteiger partial charge in [-0.25, -0.2) is 0 Å². The molecule has 1 aliphatic carbocycles. The molecule has 0 saturated carbocycles. The Bertz CT molecular complexity index is 836. The summed E-state index contributed by atoms with van der Waals surface area (Å²) >= 11 is 3.33. The molecule has 0 atom stereocenters. The minimum atomic E-state index is -0.561. The normalized spacial score (nSPS) is 13.2. The van der Waals surface area contributed by atoms with Gasteiger partial charge in [-0.3, -0.25) is 9.59 Å². The van der Waals surface area contributed by atoms with Gasteiger partial charge in [0.2, 0.25) is 0 Å². The van der Waals surface area contributed by atoms with Crippen LogP contribution in [0.2, 0.25) is 0 Å². The minimum Gasteiger partial charge on any atom is -0.871 e. The molecule has 0 radical (unpaired) electrons. The van der Waals surface area contributed by atoms with Gasteiger partial charge in [-0.05, 0) is 29.3 Å². The average molecular weight is 377 g/mol. The van der Waals surface area contributed by atoms with Crippen LogP contribution >= 0.6 is 15.9 Å². The second kappa shape index (κ2) is 7.41. The Morgan fingerprint density at radius 1 is 1.00 bits per heavy atom. The van der Waals surface area contributed by atoms with Crippen molar-refractivity contribution in [2.24, 2.45) is 0 Å². The van der Waals surface area contributed by atoms with Gasteiger partial charge >= 0.3 is 29.6 Å². The van der Waals surface area contributed by atoms with Crippen LogP contribution in [0.4, 0.5) is 0 Å². The van der Waals surface area contributed by atoms with E-state index in [1.54, 1.807) is 30.3 Å². The molecule has 23 heavy (non-hydrogen) atoms. The van der Waals surface area contributed by atoms with Crippen molar-refractivity contribution < 1.29 is 44.3 Å². The number of fused-ring (bicyclic) bond motifs is 1. The fraction of sp³-hybridized carbons (Fsp3) is 0. The van der Waals surface area contributed by atoms with E-state index in [0.29, 0.717) is 11.1 Å². The number of carbonyl (C=O) groups excluding carboxylic acids is 2. The summed E-state index contributed by atoms with van der Waals surface area (Å²) < 4.78 is 0.932. The van der Waals surface area contributed by atoms with E-state index >= 15 is 0 Å². The van der Waals surface area contributed by atoms with Gasteiger partial charge in [-0.1, -0.05) is 64.2 Å². The molecule has 3 nitrogen and oxygen atoms in total. The molecule has 0 fully saturated rings. The molecule has 0 unspecified atom stereocenters. The van der Waals surface area contributed by atoms with Crippen LogP contribution in [0.3, 0.4) is 0 Å². The van der Waals surface area contributed by atoms with Crippen LogP contribution in [0.25, 0.3) is 11.8 Å². The quantitative estimate of drug-likeness (QED) is 0.430. The SMILES string of the molecule is O=C(C=Cc1ccc(Br)cc1)C1=C([O-])c2ccccc2C1=O.[Na+]. The maximum Gasteiger partial charge on any atom is 1.00 e. The van der Waals surface area contributed by atoms with Crippen LogP contribution in [-0.4, -0.2) is 11.6 Å². The first-order chi connectivity index (χ1) is 10.6. The molecule has 5 heteroatoms. The number of ketones is 2. The first-order valence-corrected chi connectivity index (χ1v) is 7.40. The summed E-state index contributed by atoms with van der Waals surface area (Å²) in [5, 5.41) is 12.2. The molecule has 2 aromatic carbocycles. The summed E-state index contributed by atoms with van der Waals surface area (Å²) in [6.45, 7) is 0. The van der Waals surface area contributed by atoms with Gasteiger partial charge in [0.15, 0.2) is 11.6 Å². The van der Waals surface area contributed by atoms with Gasteiger partial charge in [0.25, 0.3) is 0 Å². The Morgan fingerprint density at radius 2 is 1.61 bits per heavy atom. The molecule has 0 spiro atoms. The van der Waals surface area contributed by atoms with Crippen molar-refractivity contribution in [3.63, 3.8) is 0 Å². The van der Waals surface area contributed by atoms with Crippen LogP contribution < -0.4 is 34.7 Å². The number of halogens is 1. The van der Waals surface area contributed by atoms with E-state index in [9.17, 15) is 14.7 Å². The predicted molar refractivity (Wildman–Crippen MR) is 85.9 cm³/mol. The monoisotopic (exact) mass is 376 g/mol. The van der Waals surface area contributed by atoms with Gasteiger partial charge in [-0.15, -0.1) is 0 Å². The van der Waals surface area contributed by atoms with E-state index in [1.165, 1.54) is 6.08 Å². The molecule has 0 aromatic heterocycles. The number of Topliss-reactive ketones (excluding diaryl/α,β-unsaturated/α-hetero) is 1. The van der Waals surface area contributed by atoms with E-state index in [-0.39, 0.29) is 35.1 Å². The fourth-order valence-corrected chi connectivity index (χ4v) is 2.57. The molecule has 0 amide bonds. The van der Waals surface area contributed by atoms with E-state index in [0.717, 1.165) is 10.0 Å². The molecule has 1 aliphatic rings. The van der Waals surface area contributed by atoms with Gasteiger partial charge in [0.05, 0.1) is 5.57 Å². The van der Waals surface area contributed by atoms with Gasteiger partial charge in [0.1, 0.15) is 0 Å². The molecular formula is C18H10BrNaO3. The van der Waals surface area contributed by atoms with E-state index in [1.807, 2.05) is 24.3 Å². The van der Waals surface area contributed by atoms with Crippen molar-refractivity contribution in [2.75, 3.05) is 0 Å². The average Bonchev–Trinajstić information content (AvgIpc) is 2.79. The molecule has 0 N–H and O–H groups in total. The topological polar surface area (TPSA) is 57.2 Å². The third-order valence-corrected chi connectivity index (χ3v) is 3.94. The van der Waals surface area contributed by atoms with E-state index in [4.69, 9.17) is 0 Å². The second-order valence-corrected chi connectivity index (χ2v) is 5.74. The van der Waals surface area contributed by atoms with Crippen LogP contribution in [-0.2, 0) is 4.79 Å². The Balaban J connectivity index is 0.00000192. The Labute approximate surface area is 164 Å².